The number of benzene rings is 2. The fourth-order valence-corrected chi connectivity index (χ4v) is 5.82. The van der Waals surface area contributed by atoms with E-state index in [-0.39, 0.29) is 28.7 Å². The highest BCUT2D eigenvalue weighted by Gasteiger charge is 2.52. The minimum atomic E-state index is -1.53. The summed E-state index contributed by atoms with van der Waals surface area (Å²) < 4.78 is 2.96. The van der Waals surface area contributed by atoms with Crippen molar-refractivity contribution in [2.75, 3.05) is 6.54 Å². The lowest BCUT2D eigenvalue weighted by Crippen LogP contribution is -2.55. The highest BCUT2D eigenvalue weighted by atomic mass is 35.5. The molecule has 0 radical (unpaired) electrons. The maximum Gasteiger partial charge on any atom is 0.326 e. The topological polar surface area (TPSA) is 112 Å². The summed E-state index contributed by atoms with van der Waals surface area (Å²) in [7, 11) is 0. The highest BCUT2D eigenvalue weighted by molar-refractivity contribution is 6.35. The zero-order valence-corrected chi connectivity index (χ0v) is 20.0. The molecule has 36 heavy (non-hydrogen) atoms. The molecule has 2 aromatic heterocycles. The molecule has 10 heteroatoms. The molecule has 1 atom stereocenters. The van der Waals surface area contributed by atoms with Gasteiger partial charge < -0.3 is 15.4 Å². The number of allylic oxidation sites excluding steroid dienone is 1. The molecule has 0 fully saturated rings. The van der Waals surface area contributed by atoms with Crippen molar-refractivity contribution in [2.45, 2.75) is 25.4 Å². The van der Waals surface area contributed by atoms with Crippen molar-refractivity contribution in [3.63, 3.8) is 0 Å². The molecule has 2 aliphatic rings. The summed E-state index contributed by atoms with van der Waals surface area (Å²) in [6.07, 6.45) is 2.92. The van der Waals surface area contributed by atoms with Crippen molar-refractivity contribution in [3.05, 3.63) is 109 Å². The van der Waals surface area contributed by atoms with E-state index in [1.807, 2.05) is 6.07 Å². The number of halogens is 1. The van der Waals surface area contributed by atoms with Crippen LogP contribution in [-0.4, -0.2) is 31.5 Å². The summed E-state index contributed by atoms with van der Waals surface area (Å²) in [5, 5.41) is 15.8. The fraction of sp³-hybridized carbons (Fsp3) is 0.192. The Morgan fingerprint density at radius 1 is 1.11 bits per heavy atom. The van der Waals surface area contributed by atoms with Crippen molar-refractivity contribution < 1.29 is 9.72 Å². The van der Waals surface area contributed by atoms with Gasteiger partial charge in [-0.1, -0.05) is 54.1 Å². The Kier molecular flexibility index (Phi) is 4.87. The van der Waals surface area contributed by atoms with E-state index in [0.29, 0.717) is 46.6 Å². The number of rotatable bonds is 3. The van der Waals surface area contributed by atoms with Crippen LogP contribution in [0.4, 0.5) is 5.82 Å². The SMILES string of the molecule is Cc1nc2cccc(Cl)c2c(=O)n1C1(c2ccccc2)CNC(=O)C2=CCCc3cc([N+](=O)[O-])n1c32. The average Bonchev–Trinajstić information content (AvgIpc) is 3.21. The predicted molar refractivity (Wildman–Crippen MR) is 135 cm³/mol. The monoisotopic (exact) mass is 501 g/mol. The van der Waals surface area contributed by atoms with Crippen LogP contribution in [-0.2, 0) is 16.9 Å². The summed E-state index contributed by atoms with van der Waals surface area (Å²) in [6.45, 7) is 1.56. The molecule has 0 saturated carbocycles. The van der Waals surface area contributed by atoms with Crippen LogP contribution in [0.2, 0.25) is 5.02 Å². The van der Waals surface area contributed by atoms with Gasteiger partial charge in [0.15, 0.2) is 0 Å². The Labute approximate surface area is 209 Å². The smallest absolute Gasteiger partial charge is 0.326 e. The molecular weight excluding hydrogens is 482 g/mol. The third-order valence-corrected chi connectivity index (χ3v) is 7.31. The highest BCUT2D eigenvalue weighted by Crippen LogP contribution is 2.43. The Morgan fingerprint density at radius 2 is 1.89 bits per heavy atom. The number of carbonyl (C=O) groups excluding carboxylic acids is 1. The molecule has 0 bridgehead atoms. The summed E-state index contributed by atoms with van der Waals surface area (Å²) in [4.78, 5) is 44.2. The quantitative estimate of drug-likeness (QED) is 0.339. The molecule has 0 spiro atoms. The van der Waals surface area contributed by atoms with E-state index < -0.39 is 16.1 Å². The van der Waals surface area contributed by atoms with Gasteiger partial charge in [-0.05, 0) is 36.8 Å². The molecule has 6 rings (SSSR count). The molecule has 9 nitrogen and oxygen atoms in total. The lowest BCUT2D eigenvalue weighted by atomic mass is 9.95. The van der Waals surface area contributed by atoms with Gasteiger partial charge in [-0.15, -0.1) is 0 Å². The number of nitrogens with one attached hydrogen (secondary N) is 1. The van der Waals surface area contributed by atoms with Crippen LogP contribution in [0.15, 0.2) is 65.5 Å². The van der Waals surface area contributed by atoms with Gasteiger partial charge in [-0.2, -0.15) is 4.57 Å². The minimum Gasteiger partial charge on any atom is -0.358 e. The van der Waals surface area contributed by atoms with Crippen LogP contribution in [0.5, 0.6) is 0 Å². The molecule has 1 aliphatic carbocycles. The second-order valence-electron chi connectivity index (χ2n) is 8.92. The van der Waals surface area contributed by atoms with E-state index in [2.05, 4.69) is 10.3 Å². The Morgan fingerprint density at radius 3 is 2.64 bits per heavy atom. The Bertz CT molecular complexity index is 1690. The van der Waals surface area contributed by atoms with Crippen LogP contribution in [0, 0.1) is 17.0 Å². The van der Waals surface area contributed by atoms with Crippen molar-refractivity contribution >= 4 is 39.8 Å². The molecule has 4 aromatic rings. The molecule has 2 aromatic carbocycles. The first-order chi connectivity index (χ1) is 17.3. The third kappa shape index (κ3) is 2.92. The second-order valence-corrected chi connectivity index (χ2v) is 9.33. The summed E-state index contributed by atoms with van der Waals surface area (Å²) in [5.41, 5.74) is 0.512. The first kappa shape index (κ1) is 22.2. The summed E-state index contributed by atoms with van der Waals surface area (Å²) >= 11 is 6.47. The molecule has 180 valence electrons. The zero-order valence-electron chi connectivity index (χ0n) is 19.2. The summed E-state index contributed by atoms with van der Waals surface area (Å²) in [5.74, 6) is -0.230. The number of hydrogen-bond donors (Lipinski definition) is 1. The van der Waals surface area contributed by atoms with Gasteiger partial charge in [0.05, 0.1) is 28.0 Å². The number of aromatic nitrogens is 3. The van der Waals surface area contributed by atoms with Crippen LogP contribution in [0.3, 0.4) is 0 Å². The van der Waals surface area contributed by atoms with Crippen LogP contribution in [0.1, 0.15) is 29.1 Å². The van der Waals surface area contributed by atoms with E-state index >= 15 is 0 Å². The first-order valence-electron chi connectivity index (χ1n) is 11.5. The molecule has 1 aliphatic heterocycles. The second kappa shape index (κ2) is 7.89. The molecule has 0 saturated heterocycles. The molecule has 3 heterocycles. The van der Waals surface area contributed by atoms with Crippen molar-refractivity contribution in [3.8, 4) is 0 Å². The largest absolute Gasteiger partial charge is 0.358 e. The maximum absolute atomic E-state index is 14.2. The lowest BCUT2D eigenvalue weighted by molar-refractivity contribution is -0.393. The van der Waals surface area contributed by atoms with Crippen LogP contribution < -0.4 is 10.9 Å². The zero-order chi connectivity index (χ0) is 25.2. The number of nitrogens with zero attached hydrogens (tertiary/aromatic N) is 4. The number of nitro groups is 1. The third-order valence-electron chi connectivity index (χ3n) is 6.99. The van der Waals surface area contributed by atoms with Crippen molar-refractivity contribution in [2.24, 2.45) is 0 Å². The lowest BCUT2D eigenvalue weighted by Gasteiger charge is -2.35. The number of fused-ring (bicyclic) bond motifs is 1. The van der Waals surface area contributed by atoms with Crippen LogP contribution in [0.25, 0.3) is 16.5 Å². The Hall–Kier alpha value is -4.24. The number of amides is 1. The van der Waals surface area contributed by atoms with Gasteiger partial charge in [0, 0.05) is 17.2 Å². The standard InChI is InChI=1S/C26H20ClN5O4/c1-15-29-20-12-6-11-19(27)22(20)25(34)30(15)26(17-8-3-2-4-9-17)14-28-24(33)18-10-5-7-16-13-21(32(35)36)31(26)23(16)18/h2-4,6,8-13H,5,7,14H2,1H3,(H,28,33). The number of carbonyl (C=O) groups is 1. The van der Waals surface area contributed by atoms with Gasteiger partial charge >= 0.3 is 5.82 Å². The predicted octanol–water partition coefficient (Wildman–Crippen LogP) is 3.78. The normalized spacial score (nSPS) is 18.8. The van der Waals surface area contributed by atoms with E-state index in [1.165, 1.54) is 15.2 Å². The molecule has 1 N–H and O–H groups in total. The van der Waals surface area contributed by atoms with Gasteiger partial charge in [0.25, 0.3) is 11.5 Å². The van der Waals surface area contributed by atoms with E-state index in [4.69, 9.17) is 11.6 Å². The van der Waals surface area contributed by atoms with Gasteiger partial charge in [-0.25, -0.2) is 9.55 Å². The van der Waals surface area contributed by atoms with Gasteiger partial charge in [0.1, 0.15) is 11.5 Å². The van der Waals surface area contributed by atoms with Crippen molar-refractivity contribution in [1.29, 1.82) is 0 Å². The van der Waals surface area contributed by atoms with E-state index in [1.54, 1.807) is 55.5 Å². The van der Waals surface area contributed by atoms with E-state index in [9.17, 15) is 19.7 Å². The van der Waals surface area contributed by atoms with Gasteiger partial charge in [-0.3, -0.25) is 9.59 Å². The number of hydrogen-bond acceptors (Lipinski definition) is 5. The molecular formula is C26H20ClN5O4. The molecule has 1 unspecified atom stereocenters. The Balaban J connectivity index is 1.86. The van der Waals surface area contributed by atoms with Crippen LogP contribution >= 0.6 is 11.6 Å². The van der Waals surface area contributed by atoms with Gasteiger partial charge in [0.2, 0.25) is 5.66 Å². The van der Waals surface area contributed by atoms with E-state index in [0.717, 1.165) is 0 Å². The van der Waals surface area contributed by atoms with Crippen molar-refractivity contribution in [1.82, 2.24) is 19.4 Å². The summed E-state index contributed by atoms with van der Waals surface area (Å²) in [6, 6.07) is 15.5. The fourth-order valence-electron chi connectivity index (χ4n) is 5.57. The average molecular weight is 502 g/mol. The molecule has 1 amide bonds. The first-order valence-corrected chi connectivity index (χ1v) is 11.8. The maximum atomic E-state index is 14.2. The minimum absolute atomic E-state index is 0.118. The number of aryl methyl sites for hydroxylation is 2.